The number of aromatic hydroxyl groups is 2. The first-order chi connectivity index (χ1) is 14.2. The summed E-state index contributed by atoms with van der Waals surface area (Å²) in [4.78, 5) is -0.200. The van der Waals surface area contributed by atoms with Crippen molar-refractivity contribution in [1.82, 2.24) is 0 Å². The Bertz CT molecular complexity index is 955. The SMILES string of the molecule is CC(C)(C)c1cc(C(Br)c2cc(C(C)(C)C)c(O)c(C(C)(C)C)c2)c(O)c(C(C)(C)C)c1. The van der Waals surface area contributed by atoms with Gasteiger partial charge in [-0.15, -0.1) is 0 Å². The van der Waals surface area contributed by atoms with E-state index >= 15 is 0 Å². The Kier molecular flexibility index (Phi) is 7.01. The van der Waals surface area contributed by atoms with E-state index < -0.39 is 0 Å². The lowest BCUT2D eigenvalue weighted by molar-refractivity contribution is 0.422. The molecule has 0 fully saturated rings. The first kappa shape index (κ1) is 26.8. The van der Waals surface area contributed by atoms with Crippen LogP contribution in [0.3, 0.4) is 0 Å². The second kappa shape index (κ2) is 8.38. The molecule has 178 valence electrons. The molecular formula is C29H43BrO2. The maximum atomic E-state index is 11.4. The molecule has 0 spiro atoms. The first-order valence-corrected chi connectivity index (χ1v) is 12.5. The van der Waals surface area contributed by atoms with E-state index in [2.05, 4.69) is 123 Å². The molecule has 0 heterocycles. The van der Waals surface area contributed by atoms with Crippen molar-refractivity contribution in [3.05, 3.63) is 57.6 Å². The van der Waals surface area contributed by atoms with Crippen molar-refractivity contribution in [2.24, 2.45) is 0 Å². The van der Waals surface area contributed by atoms with Gasteiger partial charge >= 0.3 is 0 Å². The lowest BCUT2D eigenvalue weighted by atomic mass is 9.76. The largest absolute Gasteiger partial charge is 0.507 e. The van der Waals surface area contributed by atoms with E-state index in [1.54, 1.807) is 0 Å². The van der Waals surface area contributed by atoms with E-state index in [9.17, 15) is 10.2 Å². The molecule has 3 heteroatoms. The maximum Gasteiger partial charge on any atom is 0.123 e. The minimum absolute atomic E-state index is 0.0444. The van der Waals surface area contributed by atoms with Crippen molar-refractivity contribution in [3.8, 4) is 11.5 Å². The Morgan fingerprint density at radius 2 is 0.938 bits per heavy atom. The molecule has 2 nitrogen and oxygen atoms in total. The van der Waals surface area contributed by atoms with E-state index in [4.69, 9.17) is 0 Å². The molecule has 1 unspecified atom stereocenters. The van der Waals surface area contributed by atoms with Gasteiger partial charge in [0.25, 0.3) is 0 Å². The van der Waals surface area contributed by atoms with Crippen LogP contribution in [0.1, 0.15) is 121 Å². The lowest BCUT2D eigenvalue weighted by Crippen LogP contribution is -2.19. The van der Waals surface area contributed by atoms with E-state index in [0.717, 1.165) is 27.8 Å². The van der Waals surface area contributed by atoms with Crippen LogP contribution in [-0.4, -0.2) is 10.2 Å². The quantitative estimate of drug-likeness (QED) is 0.402. The van der Waals surface area contributed by atoms with Crippen molar-refractivity contribution >= 4 is 15.9 Å². The summed E-state index contributed by atoms with van der Waals surface area (Å²) in [5, 5.41) is 22.5. The Morgan fingerprint density at radius 1 is 0.562 bits per heavy atom. The monoisotopic (exact) mass is 502 g/mol. The molecule has 2 aromatic rings. The van der Waals surface area contributed by atoms with Crippen LogP contribution in [0.2, 0.25) is 0 Å². The Balaban J connectivity index is 2.87. The Hall–Kier alpha value is -1.48. The van der Waals surface area contributed by atoms with Gasteiger partial charge in [-0.25, -0.2) is 0 Å². The van der Waals surface area contributed by atoms with Crippen LogP contribution in [0.5, 0.6) is 11.5 Å². The van der Waals surface area contributed by atoms with Gasteiger partial charge in [0.2, 0.25) is 0 Å². The number of halogens is 1. The zero-order chi connectivity index (χ0) is 25.0. The van der Waals surface area contributed by atoms with E-state index in [-0.39, 0.29) is 26.5 Å². The van der Waals surface area contributed by atoms with Gasteiger partial charge in [-0.2, -0.15) is 0 Å². The van der Waals surface area contributed by atoms with Crippen LogP contribution in [0, 0.1) is 0 Å². The normalized spacial score (nSPS) is 14.5. The summed E-state index contributed by atoms with van der Waals surface area (Å²) < 4.78 is 0. The average Bonchev–Trinajstić information content (AvgIpc) is 2.57. The molecule has 0 aliphatic rings. The first-order valence-electron chi connectivity index (χ1n) is 11.6. The number of phenols is 2. The molecule has 2 N–H and O–H groups in total. The van der Waals surface area contributed by atoms with Crippen molar-refractivity contribution in [2.45, 2.75) is 110 Å². The van der Waals surface area contributed by atoms with Gasteiger partial charge < -0.3 is 10.2 Å². The minimum Gasteiger partial charge on any atom is -0.507 e. The van der Waals surface area contributed by atoms with Gasteiger partial charge in [-0.3, -0.25) is 0 Å². The van der Waals surface area contributed by atoms with E-state index in [1.807, 2.05) is 0 Å². The standard InChI is InChI=1S/C29H43BrO2/c1-26(2,3)18-15-19(24(31)22(16-18)29(10,11)12)23(30)17-13-20(27(4,5)6)25(32)21(14-17)28(7,8)9/h13-16,23,31-32H,1-12H3. The van der Waals surface area contributed by atoms with Crippen LogP contribution < -0.4 is 0 Å². The number of alkyl halides is 1. The highest BCUT2D eigenvalue weighted by Gasteiger charge is 2.31. The molecule has 0 radical (unpaired) electrons. The molecule has 0 bridgehead atoms. The third kappa shape index (κ3) is 5.53. The van der Waals surface area contributed by atoms with Gasteiger partial charge in [0.1, 0.15) is 11.5 Å². The summed E-state index contributed by atoms with van der Waals surface area (Å²) in [5.74, 6) is 0.714. The van der Waals surface area contributed by atoms with Crippen molar-refractivity contribution < 1.29 is 10.2 Å². The smallest absolute Gasteiger partial charge is 0.123 e. The second-order valence-corrected chi connectivity index (χ2v) is 14.2. The zero-order valence-electron chi connectivity index (χ0n) is 22.2. The topological polar surface area (TPSA) is 40.5 Å². The van der Waals surface area contributed by atoms with Crippen molar-refractivity contribution in [2.75, 3.05) is 0 Å². The Labute approximate surface area is 204 Å². The number of hydrogen-bond donors (Lipinski definition) is 2. The van der Waals surface area contributed by atoms with Crippen molar-refractivity contribution in [1.29, 1.82) is 0 Å². The van der Waals surface area contributed by atoms with Gasteiger partial charge in [-0.05, 0) is 49.5 Å². The zero-order valence-corrected chi connectivity index (χ0v) is 23.7. The number of rotatable bonds is 2. The fourth-order valence-electron chi connectivity index (χ4n) is 3.98. The highest BCUT2D eigenvalue weighted by Crippen LogP contribution is 2.47. The highest BCUT2D eigenvalue weighted by atomic mass is 79.9. The van der Waals surface area contributed by atoms with Crippen LogP contribution in [0.4, 0.5) is 0 Å². The summed E-state index contributed by atoms with van der Waals surface area (Å²) in [6.45, 7) is 25.8. The fraction of sp³-hybridized carbons (Fsp3) is 0.586. The summed E-state index contributed by atoms with van der Waals surface area (Å²) >= 11 is 3.93. The summed E-state index contributed by atoms with van der Waals surface area (Å²) in [6.07, 6.45) is 0. The molecular weight excluding hydrogens is 460 g/mol. The van der Waals surface area contributed by atoms with Crippen LogP contribution >= 0.6 is 15.9 Å². The molecule has 2 rings (SSSR count). The van der Waals surface area contributed by atoms with Crippen LogP contribution in [0.25, 0.3) is 0 Å². The summed E-state index contributed by atoms with van der Waals surface area (Å²) in [5.41, 5.74) is 5.26. The second-order valence-electron chi connectivity index (χ2n) is 13.3. The van der Waals surface area contributed by atoms with E-state index in [1.165, 1.54) is 5.56 Å². The van der Waals surface area contributed by atoms with Gasteiger partial charge in [0.05, 0.1) is 4.83 Å². The lowest BCUT2D eigenvalue weighted by Gasteiger charge is -2.31. The maximum absolute atomic E-state index is 11.4. The molecule has 0 amide bonds. The summed E-state index contributed by atoms with van der Waals surface area (Å²) in [6, 6.07) is 8.45. The molecule has 0 aliphatic carbocycles. The molecule has 0 saturated carbocycles. The minimum atomic E-state index is -0.210. The fourth-order valence-corrected chi connectivity index (χ4v) is 4.59. The predicted molar refractivity (Wildman–Crippen MR) is 142 cm³/mol. The molecule has 1 atom stereocenters. The number of benzene rings is 2. The van der Waals surface area contributed by atoms with Gasteiger partial charge in [0.15, 0.2) is 0 Å². The molecule has 2 aromatic carbocycles. The molecule has 0 saturated heterocycles. The Morgan fingerprint density at radius 3 is 1.28 bits per heavy atom. The number of hydrogen-bond acceptors (Lipinski definition) is 2. The third-order valence-corrected chi connectivity index (χ3v) is 7.15. The van der Waals surface area contributed by atoms with Crippen LogP contribution in [0.15, 0.2) is 24.3 Å². The molecule has 0 aliphatic heterocycles. The van der Waals surface area contributed by atoms with Gasteiger partial charge in [0, 0.05) is 5.56 Å². The molecule has 32 heavy (non-hydrogen) atoms. The van der Waals surface area contributed by atoms with Crippen molar-refractivity contribution in [3.63, 3.8) is 0 Å². The van der Waals surface area contributed by atoms with Crippen LogP contribution in [-0.2, 0) is 21.7 Å². The predicted octanol–water partition coefficient (Wildman–Crippen LogP) is 8.77. The van der Waals surface area contributed by atoms with E-state index in [0.29, 0.717) is 11.5 Å². The number of phenolic OH excluding ortho intramolecular Hbond substituents is 2. The van der Waals surface area contributed by atoms with Gasteiger partial charge in [-0.1, -0.05) is 123 Å². The highest BCUT2D eigenvalue weighted by molar-refractivity contribution is 9.09. The third-order valence-electron chi connectivity index (χ3n) is 6.13. The average molecular weight is 504 g/mol. The summed E-state index contributed by atoms with van der Waals surface area (Å²) in [7, 11) is 0. The molecule has 0 aromatic heterocycles.